The molecule has 0 aliphatic carbocycles. The number of rotatable bonds is 7. The van der Waals surface area contributed by atoms with Gasteiger partial charge in [0.05, 0.1) is 7.11 Å². The lowest BCUT2D eigenvalue weighted by Crippen LogP contribution is -2.40. The molecule has 29 heavy (non-hydrogen) atoms. The van der Waals surface area contributed by atoms with Crippen molar-refractivity contribution in [3.05, 3.63) is 41.5 Å². The number of ether oxygens (including phenoxy) is 1. The third-order valence-corrected chi connectivity index (χ3v) is 5.14. The fourth-order valence-electron chi connectivity index (χ4n) is 3.48. The zero-order chi connectivity index (χ0) is 19.9. The summed E-state index contributed by atoms with van der Waals surface area (Å²) in [4.78, 5) is 11.2. The lowest BCUT2D eigenvalue weighted by atomic mass is 9.98. The highest BCUT2D eigenvalue weighted by atomic mass is 127. The summed E-state index contributed by atoms with van der Waals surface area (Å²) in [6.07, 6.45) is 2.83. The molecule has 3 rings (SSSR count). The summed E-state index contributed by atoms with van der Waals surface area (Å²) in [7, 11) is 3.54. The van der Waals surface area contributed by atoms with Crippen molar-refractivity contribution < 1.29 is 9.26 Å². The van der Waals surface area contributed by atoms with Gasteiger partial charge < -0.3 is 19.5 Å². The second kappa shape index (κ2) is 11.4. The average Bonchev–Trinajstić information content (AvgIpc) is 3.38. The Morgan fingerprint density at radius 2 is 2.10 bits per heavy atom. The molecule has 2 heterocycles. The number of hydrogen-bond acceptors (Lipinski definition) is 5. The smallest absolute Gasteiger partial charge is 0.226 e. The van der Waals surface area contributed by atoms with Crippen molar-refractivity contribution in [3.63, 3.8) is 0 Å². The lowest BCUT2D eigenvalue weighted by molar-refractivity contribution is 0.368. The second-order valence-corrected chi connectivity index (χ2v) is 7.48. The van der Waals surface area contributed by atoms with E-state index in [-0.39, 0.29) is 24.0 Å². The number of halogens is 1. The van der Waals surface area contributed by atoms with E-state index >= 15 is 0 Å². The number of methoxy groups -OCH3 is 1. The summed E-state index contributed by atoms with van der Waals surface area (Å²) in [6.45, 7) is 6.95. The van der Waals surface area contributed by atoms with Crippen LogP contribution in [0.15, 0.2) is 33.8 Å². The molecule has 7 nitrogen and oxygen atoms in total. The first kappa shape index (κ1) is 23.4. The van der Waals surface area contributed by atoms with E-state index in [1.165, 1.54) is 5.56 Å². The van der Waals surface area contributed by atoms with Crippen LogP contribution in [0.25, 0.3) is 0 Å². The van der Waals surface area contributed by atoms with Gasteiger partial charge in [0.2, 0.25) is 5.89 Å². The first-order valence-corrected chi connectivity index (χ1v) is 10.0. The van der Waals surface area contributed by atoms with E-state index in [0.29, 0.717) is 17.7 Å². The van der Waals surface area contributed by atoms with Crippen molar-refractivity contribution >= 4 is 29.9 Å². The predicted octanol–water partition coefficient (Wildman–Crippen LogP) is 3.82. The van der Waals surface area contributed by atoms with Crippen molar-refractivity contribution in [3.8, 4) is 5.75 Å². The molecule has 1 saturated heterocycles. The number of hydrogen-bond donors (Lipinski definition) is 1. The number of likely N-dealkylation sites (tertiary alicyclic amines) is 1. The first-order chi connectivity index (χ1) is 13.6. The van der Waals surface area contributed by atoms with Crippen LogP contribution in [-0.2, 0) is 6.42 Å². The molecule has 0 radical (unpaired) electrons. The Labute approximate surface area is 190 Å². The van der Waals surface area contributed by atoms with Gasteiger partial charge in [-0.15, -0.1) is 24.0 Å². The summed E-state index contributed by atoms with van der Waals surface area (Å²) in [5, 5.41) is 7.48. The Balaban J connectivity index is 0.00000300. The maximum absolute atomic E-state index is 5.30. The second-order valence-electron chi connectivity index (χ2n) is 7.48. The quantitative estimate of drug-likeness (QED) is 0.263. The number of aliphatic imine (C=N–C) groups is 1. The average molecular weight is 513 g/mol. The summed E-state index contributed by atoms with van der Waals surface area (Å²) in [6, 6.07) is 8.40. The van der Waals surface area contributed by atoms with Gasteiger partial charge in [-0.05, 0) is 30.5 Å². The van der Waals surface area contributed by atoms with Crippen LogP contribution in [0.3, 0.4) is 0 Å². The molecular formula is C21H32IN5O2. The summed E-state index contributed by atoms with van der Waals surface area (Å²) < 4.78 is 10.6. The number of nitrogens with one attached hydrogen (secondary N) is 1. The number of aryl methyl sites for hydroxylation is 1. The molecule has 0 spiro atoms. The molecule has 1 unspecified atom stereocenters. The number of aromatic nitrogens is 2. The van der Waals surface area contributed by atoms with Gasteiger partial charge in [0.25, 0.3) is 0 Å². The molecule has 1 aliphatic rings. The summed E-state index contributed by atoms with van der Waals surface area (Å²) >= 11 is 0. The maximum atomic E-state index is 5.30. The molecule has 1 aromatic heterocycles. The normalized spacial score (nSPS) is 16.8. The standard InChI is InChI=1S/C21H31N5O2.HI/c1-15(2)20-24-19(28-25-20)6-5-12-23-21(22-3)26-13-11-17(14-26)16-7-9-18(27-4)10-8-16;/h7-10,15,17H,5-6,11-14H2,1-4H3,(H,22,23);1H. The van der Waals surface area contributed by atoms with E-state index in [2.05, 4.69) is 51.3 Å². The zero-order valence-electron chi connectivity index (χ0n) is 17.7. The van der Waals surface area contributed by atoms with Crippen LogP contribution in [0, 0.1) is 0 Å². The van der Waals surface area contributed by atoms with Crippen LogP contribution in [0.2, 0.25) is 0 Å². The van der Waals surface area contributed by atoms with Crippen LogP contribution in [0.5, 0.6) is 5.75 Å². The van der Waals surface area contributed by atoms with Gasteiger partial charge in [-0.25, -0.2) is 0 Å². The zero-order valence-corrected chi connectivity index (χ0v) is 20.1. The van der Waals surface area contributed by atoms with Gasteiger partial charge in [-0.3, -0.25) is 4.99 Å². The summed E-state index contributed by atoms with van der Waals surface area (Å²) in [5.41, 5.74) is 1.36. The third-order valence-electron chi connectivity index (χ3n) is 5.14. The summed E-state index contributed by atoms with van der Waals surface area (Å²) in [5.74, 6) is 4.17. The van der Waals surface area contributed by atoms with E-state index < -0.39 is 0 Å². The fraction of sp³-hybridized carbons (Fsp3) is 0.571. The van der Waals surface area contributed by atoms with Crippen LogP contribution in [0.4, 0.5) is 0 Å². The molecule has 1 aliphatic heterocycles. The van der Waals surface area contributed by atoms with Gasteiger partial charge >= 0.3 is 0 Å². The minimum absolute atomic E-state index is 0. The molecule has 0 bridgehead atoms. The third kappa shape index (κ3) is 6.32. The Bertz CT molecular complexity index is 776. The minimum atomic E-state index is 0. The molecule has 0 saturated carbocycles. The molecule has 1 N–H and O–H groups in total. The van der Waals surface area contributed by atoms with Crippen molar-refractivity contribution in [2.45, 2.75) is 44.9 Å². The van der Waals surface area contributed by atoms with E-state index in [1.807, 2.05) is 19.2 Å². The molecule has 160 valence electrons. The van der Waals surface area contributed by atoms with E-state index in [0.717, 1.165) is 56.4 Å². The van der Waals surface area contributed by atoms with E-state index in [9.17, 15) is 0 Å². The Morgan fingerprint density at radius 1 is 1.34 bits per heavy atom. The molecule has 1 aromatic carbocycles. The highest BCUT2D eigenvalue weighted by molar-refractivity contribution is 14.0. The number of benzene rings is 1. The highest BCUT2D eigenvalue weighted by Crippen LogP contribution is 2.28. The maximum Gasteiger partial charge on any atom is 0.226 e. The molecule has 8 heteroatoms. The van der Waals surface area contributed by atoms with Crippen molar-refractivity contribution in [2.24, 2.45) is 4.99 Å². The Kier molecular flexibility index (Phi) is 9.19. The van der Waals surface area contributed by atoms with E-state index in [4.69, 9.17) is 9.26 Å². The lowest BCUT2D eigenvalue weighted by Gasteiger charge is -2.21. The minimum Gasteiger partial charge on any atom is -0.497 e. The van der Waals surface area contributed by atoms with Crippen molar-refractivity contribution in [1.82, 2.24) is 20.4 Å². The van der Waals surface area contributed by atoms with Crippen LogP contribution >= 0.6 is 24.0 Å². The predicted molar refractivity (Wildman–Crippen MR) is 125 cm³/mol. The van der Waals surface area contributed by atoms with E-state index in [1.54, 1.807) is 7.11 Å². The van der Waals surface area contributed by atoms with Gasteiger partial charge in [0, 0.05) is 44.9 Å². The molecule has 0 amide bonds. The fourth-order valence-corrected chi connectivity index (χ4v) is 3.48. The Hall–Kier alpha value is -1.84. The van der Waals surface area contributed by atoms with Gasteiger partial charge in [-0.1, -0.05) is 31.1 Å². The highest BCUT2D eigenvalue weighted by Gasteiger charge is 2.26. The van der Waals surface area contributed by atoms with Crippen molar-refractivity contribution in [2.75, 3.05) is 33.8 Å². The Morgan fingerprint density at radius 3 is 2.72 bits per heavy atom. The largest absolute Gasteiger partial charge is 0.497 e. The first-order valence-electron chi connectivity index (χ1n) is 10.0. The van der Waals surface area contributed by atoms with Crippen LogP contribution < -0.4 is 10.1 Å². The van der Waals surface area contributed by atoms with Crippen LogP contribution in [0.1, 0.15) is 55.8 Å². The molecule has 1 fully saturated rings. The molecule has 1 atom stereocenters. The van der Waals surface area contributed by atoms with Gasteiger partial charge in [0.15, 0.2) is 11.8 Å². The van der Waals surface area contributed by atoms with Crippen molar-refractivity contribution in [1.29, 1.82) is 0 Å². The monoisotopic (exact) mass is 513 g/mol. The molecule has 2 aromatic rings. The SMILES string of the molecule is CN=C(NCCCc1nc(C(C)C)no1)N1CCC(c2ccc(OC)cc2)C1.I. The molecular weight excluding hydrogens is 481 g/mol. The number of guanidine groups is 1. The van der Waals surface area contributed by atoms with Gasteiger partial charge in [-0.2, -0.15) is 4.98 Å². The van der Waals surface area contributed by atoms with Crippen LogP contribution in [-0.4, -0.2) is 54.8 Å². The number of nitrogens with zero attached hydrogens (tertiary/aromatic N) is 4. The topological polar surface area (TPSA) is 75.8 Å². The van der Waals surface area contributed by atoms with Gasteiger partial charge in [0.1, 0.15) is 5.75 Å².